The van der Waals surface area contributed by atoms with Crippen molar-refractivity contribution in [2.75, 3.05) is 14.2 Å². The van der Waals surface area contributed by atoms with Gasteiger partial charge in [0, 0.05) is 18.7 Å². The average molecular weight is 289 g/mol. The molecule has 0 bridgehead atoms. The van der Waals surface area contributed by atoms with Gasteiger partial charge in [0.15, 0.2) is 0 Å². The second kappa shape index (κ2) is 7.27. The smallest absolute Gasteiger partial charge is 0.328 e. The Kier molecular flexibility index (Phi) is 5.39. The van der Waals surface area contributed by atoms with E-state index >= 15 is 0 Å². The Morgan fingerprint density at radius 1 is 1.43 bits per heavy atom. The van der Waals surface area contributed by atoms with E-state index in [1.807, 2.05) is 18.2 Å². The molecule has 0 unspecified atom stereocenters. The maximum Gasteiger partial charge on any atom is 0.328 e. The van der Waals surface area contributed by atoms with Crippen LogP contribution in [-0.2, 0) is 11.3 Å². The minimum absolute atomic E-state index is 0.632. The number of nitrogens with zero attached hydrogens (tertiary/aromatic N) is 1. The predicted molar refractivity (Wildman–Crippen MR) is 83.4 cm³/mol. The lowest BCUT2D eigenvalue weighted by Gasteiger charge is -2.25. The molecule has 0 heterocycles. The van der Waals surface area contributed by atoms with Gasteiger partial charge in [0.25, 0.3) is 0 Å². The third-order valence-corrected chi connectivity index (χ3v) is 4.12. The summed E-state index contributed by atoms with van der Waals surface area (Å²) in [6, 6.07) is 6.40. The van der Waals surface area contributed by atoms with E-state index in [1.54, 1.807) is 13.2 Å². The first-order valence-electron chi connectivity index (χ1n) is 7.38. The van der Waals surface area contributed by atoms with Crippen LogP contribution in [0.1, 0.15) is 36.8 Å². The average Bonchev–Trinajstić information content (AvgIpc) is 3.00. The Hall–Kier alpha value is -1.81. The number of benzene rings is 1. The second-order valence-electron chi connectivity index (χ2n) is 5.59. The van der Waals surface area contributed by atoms with Gasteiger partial charge in [-0.25, -0.2) is 4.79 Å². The molecule has 1 N–H and O–H groups in total. The highest BCUT2D eigenvalue weighted by Gasteiger charge is 2.20. The van der Waals surface area contributed by atoms with Gasteiger partial charge in [0.05, 0.1) is 7.11 Å². The van der Waals surface area contributed by atoms with Crippen molar-refractivity contribution in [3.63, 3.8) is 0 Å². The fourth-order valence-electron chi connectivity index (χ4n) is 2.91. The van der Waals surface area contributed by atoms with E-state index < -0.39 is 5.97 Å². The van der Waals surface area contributed by atoms with Gasteiger partial charge in [-0.1, -0.05) is 18.9 Å². The quantitative estimate of drug-likeness (QED) is 0.817. The Bertz CT molecular complexity index is 519. The summed E-state index contributed by atoms with van der Waals surface area (Å²) >= 11 is 0. The van der Waals surface area contributed by atoms with Crippen LogP contribution in [-0.4, -0.2) is 36.2 Å². The molecule has 0 atom stereocenters. The molecule has 0 aromatic heterocycles. The van der Waals surface area contributed by atoms with Gasteiger partial charge in [-0.3, -0.25) is 4.90 Å². The number of rotatable bonds is 6. The van der Waals surface area contributed by atoms with Crippen LogP contribution in [0.3, 0.4) is 0 Å². The minimum Gasteiger partial charge on any atom is -0.497 e. The standard InChI is InChI=1S/C17H23NO3/c1-18(15-5-3-4-6-15)12-14-11-16(21-2)9-7-13(14)8-10-17(19)20/h7-11,15H,3-6,12H2,1-2H3,(H,19,20). The van der Waals surface area contributed by atoms with Crippen molar-refractivity contribution >= 4 is 12.0 Å². The third kappa shape index (κ3) is 4.33. The van der Waals surface area contributed by atoms with Crippen LogP contribution in [0.5, 0.6) is 5.75 Å². The second-order valence-corrected chi connectivity index (χ2v) is 5.59. The van der Waals surface area contributed by atoms with Crippen LogP contribution in [0.25, 0.3) is 6.08 Å². The van der Waals surface area contributed by atoms with Gasteiger partial charge in [-0.2, -0.15) is 0 Å². The number of methoxy groups -OCH3 is 1. The topological polar surface area (TPSA) is 49.8 Å². The van der Waals surface area contributed by atoms with Crippen LogP contribution in [0.2, 0.25) is 0 Å². The van der Waals surface area contributed by atoms with E-state index in [4.69, 9.17) is 9.84 Å². The maximum atomic E-state index is 10.7. The molecule has 0 saturated heterocycles. The summed E-state index contributed by atoms with van der Waals surface area (Å²) < 4.78 is 5.28. The molecule has 1 aliphatic carbocycles. The van der Waals surface area contributed by atoms with E-state index in [-0.39, 0.29) is 0 Å². The Morgan fingerprint density at radius 3 is 2.76 bits per heavy atom. The predicted octanol–water partition coefficient (Wildman–Crippen LogP) is 3.17. The molecule has 0 aliphatic heterocycles. The summed E-state index contributed by atoms with van der Waals surface area (Å²) in [6.45, 7) is 0.807. The van der Waals surface area contributed by atoms with E-state index in [1.165, 1.54) is 31.8 Å². The van der Waals surface area contributed by atoms with Gasteiger partial charge in [0.1, 0.15) is 5.75 Å². The monoisotopic (exact) mass is 289 g/mol. The molecule has 1 fully saturated rings. The lowest BCUT2D eigenvalue weighted by atomic mass is 10.0. The minimum atomic E-state index is -0.930. The fraction of sp³-hybridized carbons (Fsp3) is 0.471. The molecule has 21 heavy (non-hydrogen) atoms. The Morgan fingerprint density at radius 2 is 2.14 bits per heavy atom. The first-order valence-corrected chi connectivity index (χ1v) is 7.38. The summed E-state index contributed by atoms with van der Waals surface area (Å²) in [5.41, 5.74) is 2.03. The lowest BCUT2D eigenvalue weighted by Crippen LogP contribution is -2.28. The highest BCUT2D eigenvalue weighted by molar-refractivity contribution is 5.85. The van der Waals surface area contributed by atoms with Crippen molar-refractivity contribution in [3.05, 3.63) is 35.4 Å². The van der Waals surface area contributed by atoms with Crippen molar-refractivity contribution in [1.82, 2.24) is 4.90 Å². The molecule has 1 saturated carbocycles. The van der Waals surface area contributed by atoms with E-state index in [9.17, 15) is 4.79 Å². The van der Waals surface area contributed by atoms with Crippen molar-refractivity contribution < 1.29 is 14.6 Å². The lowest BCUT2D eigenvalue weighted by molar-refractivity contribution is -0.131. The first-order chi connectivity index (χ1) is 10.1. The molecule has 0 radical (unpaired) electrons. The molecular weight excluding hydrogens is 266 g/mol. The highest BCUT2D eigenvalue weighted by atomic mass is 16.5. The molecule has 0 amide bonds. The number of hydrogen-bond acceptors (Lipinski definition) is 3. The van der Waals surface area contributed by atoms with E-state index in [0.717, 1.165) is 23.4 Å². The van der Waals surface area contributed by atoms with Gasteiger partial charge in [-0.15, -0.1) is 0 Å². The summed E-state index contributed by atoms with van der Waals surface area (Å²) in [4.78, 5) is 13.1. The van der Waals surface area contributed by atoms with Crippen molar-refractivity contribution in [1.29, 1.82) is 0 Å². The summed E-state index contributed by atoms with van der Waals surface area (Å²) in [5, 5.41) is 8.80. The molecule has 1 aromatic carbocycles. The summed E-state index contributed by atoms with van der Waals surface area (Å²) in [6.07, 6.45) is 7.94. The van der Waals surface area contributed by atoms with Crippen LogP contribution >= 0.6 is 0 Å². The van der Waals surface area contributed by atoms with Crippen LogP contribution in [0, 0.1) is 0 Å². The number of aliphatic carboxylic acids is 1. The van der Waals surface area contributed by atoms with Gasteiger partial charge < -0.3 is 9.84 Å². The fourth-order valence-corrected chi connectivity index (χ4v) is 2.91. The zero-order valence-electron chi connectivity index (χ0n) is 12.7. The SMILES string of the molecule is COc1ccc(C=CC(=O)O)c(CN(C)C2CCCC2)c1. The van der Waals surface area contributed by atoms with Gasteiger partial charge in [-0.05, 0) is 49.2 Å². The molecule has 114 valence electrons. The number of carboxylic acids is 1. The maximum absolute atomic E-state index is 10.7. The van der Waals surface area contributed by atoms with E-state index in [0.29, 0.717) is 6.04 Å². The zero-order valence-corrected chi connectivity index (χ0v) is 12.7. The number of ether oxygens (including phenoxy) is 1. The van der Waals surface area contributed by atoms with Crippen molar-refractivity contribution in [2.24, 2.45) is 0 Å². The molecular formula is C17H23NO3. The Labute approximate surface area is 126 Å². The van der Waals surface area contributed by atoms with Crippen LogP contribution < -0.4 is 4.74 Å². The zero-order chi connectivity index (χ0) is 15.2. The summed E-state index contributed by atoms with van der Waals surface area (Å²) in [5.74, 6) is -0.127. The number of carboxylic acid groups (broad SMARTS) is 1. The van der Waals surface area contributed by atoms with Crippen molar-refractivity contribution in [2.45, 2.75) is 38.3 Å². The molecule has 4 heteroatoms. The van der Waals surface area contributed by atoms with Crippen molar-refractivity contribution in [3.8, 4) is 5.75 Å². The molecule has 0 spiro atoms. The normalized spacial score (nSPS) is 16.0. The third-order valence-electron chi connectivity index (χ3n) is 4.12. The summed E-state index contributed by atoms with van der Waals surface area (Å²) in [7, 11) is 3.78. The van der Waals surface area contributed by atoms with Gasteiger partial charge >= 0.3 is 5.97 Å². The highest BCUT2D eigenvalue weighted by Crippen LogP contribution is 2.26. The molecule has 1 aliphatic rings. The number of hydrogen-bond donors (Lipinski definition) is 1. The Balaban J connectivity index is 2.19. The molecule has 2 rings (SSSR count). The molecule has 4 nitrogen and oxygen atoms in total. The molecule has 1 aromatic rings. The first kappa shape index (κ1) is 15.6. The van der Waals surface area contributed by atoms with E-state index in [2.05, 4.69) is 11.9 Å². The van der Waals surface area contributed by atoms with Crippen LogP contribution in [0.15, 0.2) is 24.3 Å². The largest absolute Gasteiger partial charge is 0.497 e. The van der Waals surface area contributed by atoms with Gasteiger partial charge in [0.2, 0.25) is 0 Å². The van der Waals surface area contributed by atoms with Crippen LogP contribution in [0.4, 0.5) is 0 Å². The number of carbonyl (C=O) groups is 1.